The molecule has 2 aliphatic rings. The van der Waals surface area contributed by atoms with Crippen molar-refractivity contribution in [3.8, 4) is 0 Å². The average Bonchev–Trinajstić information content (AvgIpc) is 2.96. The van der Waals surface area contributed by atoms with Crippen molar-refractivity contribution in [3.05, 3.63) is 22.7 Å². The Morgan fingerprint density at radius 2 is 1.82 bits per heavy atom. The molecule has 44 heavy (non-hydrogen) atoms. The summed E-state index contributed by atoms with van der Waals surface area (Å²) in [5, 5.41) is 46.8. The van der Waals surface area contributed by atoms with Gasteiger partial charge >= 0.3 is 5.69 Å². The number of amides is 2. The van der Waals surface area contributed by atoms with E-state index in [1.54, 1.807) is 0 Å². The molecule has 2 amide bonds. The minimum atomic E-state index is -1.57. The largest absolute Gasteiger partial charge is 0.389 e. The molecule has 11 atom stereocenters. The lowest BCUT2D eigenvalue weighted by atomic mass is 9.84. The van der Waals surface area contributed by atoms with Gasteiger partial charge in [-0.1, -0.05) is 0 Å². The molecule has 0 aromatic carbocycles. The maximum atomic E-state index is 13.2. The van der Waals surface area contributed by atoms with Crippen LogP contribution < -0.4 is 50.7 Å². The molecule has 5 unspecified atom stereocenters. The van der Waals surface area contributed by atoms with Crippen LogP contribution in [0, 0.1) is 0 Å². The van der Waals surface area contributed by atoms with Crippen molar-refractivity contribution in [2.45, 2.75) is 92.9 Å². The Morgan fingerprint density at radius 3 is 2.48 bits per heavy atom. The van der Waals surface area contributed by atoms with E-state index in [2.05, 4.69) is 20.6 Å². The molecule has 1 aliphatic carbocycles. The van der Waals surface area contributed by atoms with Gasteiger partial charge in [0.05, 0.1) is 12.1 Å². The molecular formula is C24H43N11O9. The lowest BCUT2D eigenvalue weighted by Gasteiger charge is -2.46. The first-order chi connectivity index (χ1) is 20.7. The first-order valence-corrected chi connectivity index (χ1v) is 13.9. The van der Waals surface area contributed by atoms with Crippen LogP contribution in [-0.4, -0.2) is 128 Å². The maximum absolute atomic E-state index is 13.2. The van der Waals surface area contributed by atoms with E-state index in [1.165, 1.54) is 12.3 Å². The number of hydrogen-bond donors (Lipinski definition) is 12. The molecule has 2 heterocycles. The third-order valence-electron chi connectivity index (χ3n) is 7.42. The fourth-order valence-corrected chi connectivity index (χ4v) is 4.92. The number of guanidine groups is 1. The molecule has 2 fully saturated rings. The predicted molar refractivity (Wildman–Crippen MR) is 154 cm³/mol. The first-order valence-electron chi connectivity index (χ1n) is 13.9. The van der Waals surface area contributed by atoms with Gasteiger partial charge in [-0.3, -0.25) is 19.1 Å². The van der Waals surface area contributed by atoms with E-state index in [-0.39, 0.29) is 44.1 Å². The van der Waals surface area contributed by atoms with Crippen LogP contribution >= 0.6 is 0 Å². The summed E-state index contributed by atoms with van der Waals surface area (Å²) in [7, 11) is 0. The number of hydrogen-bond acceptors (Lipinski definition) is 15. The fraction of sp³-hybridized carbons (Fsp3) is 0.708. The first kappa shape index (κ1) is 35.0. The molecule has 3 rings (SSSR count). The second kappa shape index (κ2) is 15.5. The van der Waals surface area contributed by atoms with Crippen molar-refractivity contribution in [2.24, 2.45) is 33.7 Å². The Balaban J connectivity index is 1.66. The number of aromatic nitrogens is 2. The number of carbonyl (C=O) groups excluding carboxylic acids is 2. The quantitative estimate of drug-likeness (QED) is 0.0580. The molecule has 1 aromatic rings. The number of aliphatic hydroxyl groups is 4. The van der Waals surface area contributed by atoms with Gasteiger partial charge in [-0.25, -0.2) is 4.79 Å². The number of nitrogens with one attached hydrogen (secondary N) is 2. The molecule has 0 spiro atoms. The van der Waals surface area contributed by atoms with Crippen LogP contribution in [0.15, 0.2) is 22.1 Å². The summed E-state index contributed by atoms with van der Waals surface area (Å²) in [4.78, 5) is 45.3. The molecule has 1 saturated carbocycles. The minimum absolute atomic E-state index is 0.0194. The summed E-state index contributed by atoms with van der Waals surface area (Å²) < 4.78 is 12.5. The number of nitrogens with zero attached hydrogens (tertiary/aromatic N) is 3. The lowest BCUT2D eigenvalue weighted by molar-refractivity contribution is -0.288. The lowest BCUT2D eigenvalue weighted by Crippen LogP contribution is -2.67. The zero-order valence-corrected chi connectivity index (χ0v) is 23.9. The molecular weight excluding hydrogens is 586 g/mol. The number of nitrogen functional groups attached to an aromatic ring is 1. The topological polar surface area (TPSA) is 361 Å². The van der Waals surface area contributed by atoms with Crippen molar-refractivity contribution in [1.29, 1.82) is 0 Å². The highest BCUT2D eigenvalue weighted by Gasteiger charge is 2.48. The molecule has 20 nitrogen and oxygen atoms in total. The molecule has 1 aromatic heterocycles. The highest BCUT2D eigenvalue weighted by atomic mass is 16.7. The molecule has 20 heteroatoms. The van der Waals surface area contributed by atoms with Crippen molar-refractivity contribution < 1.29 is 39.5 Å². The number of nitrogens with two attached hydrogens (primary N) is 6. The smallest absolute Gasteiger partial charge is 0.349 e. The molecule has 248 valence electrons. The average molecular weight is 630 g/mol. The zero-order chi connectivity index (χ0) is 32.7. The molecule has 18 N–H and O–H groups in total. The number of carbonyl (C=O) groups is 2. The number of ether oxygens (including phenoxy) is 2. The summed E-state index contributed by atoms with van der Waals surface area (Å²) >= 11 is 0. The van der Waals surface area contributed by atoms with Gasteiger partial charge in [-0.05, 0) is 25.3 Å². The summed E-state index contributed by atoms with van der Waals surface area (Å²) in [6.07, 6.45) is -7.98. The summed E-state index contributed by atoms with van der Waals surface area (Å²) in [6.45, 7) is -0.657. The van der Waals surface area contributed by atoms with Crippen LogP contribution in [0.1, 0.15) is 19.3 Å². The number of anilines is 1. The van der Waals surface area contributed by atoms with Gasteiger partial charge in [0.1, 0.15) is 48.9 Å². The normalized spacial score (nSPS) is 32.8. The van der Waals surface area contributed by atoms with Gasteiger partial charge < -0.3 is 74.9 Å². The van der Waals surface area contributed by atoms with Gasteiger partial charge in [0, 0.05) is 31.4 Å². The number of aliphatic imine (C=N–C) groups is 1. The Hall–Kier alpha value is -3.47. The number of aliphatic hydroxyl groups excluding tert-OH is 4. The summed E-state index contributed by atoms with van der Waals surface area (Å²) in [5.74, 6) is -1.55. The van der Waals surface area contributed by atoms with Crippen LogP contribution in [0.25, 0.3) is 0 Å². The van der Waals surface area contributed by atoms with E-state index < -0.39 is 91.1 Å². The summed E-state index contributed by atoms with van der Waals surface area (Å²) in [6, 6.07) is -2.66. The molecule has 1 aliphatic heterocycles. The SMILES string of the molecule is NC(N)=NCCC[C@H](NC(=O)Cn1ccc(N)nc1=O)C(=O)NC[C@H]1O[C@H](OC2C(N)CC(N)C(O)C2O)[C@H](N)[C@@H](O)[C@@H]1O. The Morgan fingerprint density at radius 1 is 1.11 bits per heavy atom. The highest BCUT2D eigenvalue weighted by molar-refractivity contribution is 5.87. The minimum Gasteiger partial charge on any atom is -0.389 e. The van der Waals surface area contributed by atoms with E-state index in [4.69, 9.17) is 43.9 Å². The second-order valence-corrected chi connectivity index (χ2v) is 10.8. The van der Waals surface area contributed by atoms with Gasteiger partial charge in [-0.15, -0.1) is 0 Å². The van der Waals surface area contributed by atoms with Crippen molar-refractivity contribution >= 4 is 23.6 Å². The van der Waals surface area contributed by atoms with Crippen LogP contribution in [0.3, 0.4) is 0 Å². The van der Waals surface area contributed by atoms with Gasteiger partial charge in [0.15, 0.2) is 12.2 Å². The van der Waals surface area contributed by atoms with Crippen LogP contribution in [0.2, 0.25) is 0 Å². The molecule has 0 radical (unpaired) electrons. The predicted octanol–water partition coefficient (Wildman–Crippen LogP) is -7.58. The van der Waals surface area contributed by atoms with Gasteiger partial charge in [0.25, 0.3) is 0 Å². The van der Waals surface area contributed by atoms with E-state index in [1.807, 2.05) is 0 Å². The van der Waals surface area contributed by atoms with Crippen molar-refractivity contribution in [2.75, 3.05) is 18.8 Å². The Labute approximate surface area is 251 Å². The molecule has 0 bridgehead atoms. The Kier molecular flexibility index (Phi) is 12.3. The van der Waals surface area contributed by atoms with Crippen LogP contribution in [-0.2, 0) is 25.6 Å². The van der Waals surface area contributed by atoms with Crippen molar-refractivity contribution in [1.82, 2.24) is 20.2 Å². The number of rotatable bonds is 12. The van der Waals surface area contributed by atoms with E-state index in [0.29, 0.717) is 0 Å². The van der Waals surface area contributed by atoms with Crippen LogP contribution in [0.4, 0.5) is 5.82 Å². The Bertz CT molecular complexity index is 1220. The highest BCUT2D eigenvalue weighted by Crippen LogP contribution is 2.27. The van der Waals surface area contributed by atoms with Crippen LogP contribution in [0.5, 0.6) is 0 Å². The third-order valence-corrected chi connectivity index (χ3v) is 7.42. The van der Waals surface area contributed by atoms with Crippen molar-refractivity contribution in [3.63, 3.8) is 0 Å². The van der Waals surface area contributed by atoms with Gasteiger partial charge in [-0.2, -0.15) is 4.98 Å². The van der Waals surface area contributed by atoms with E-state index >= 15 is 0 Å². The fourth-order valence-electron chi connectivity index (χ4n) is 4.92. The monoisotopic (exact) mass is 629 g/mol. The second-order valence-electron chi connectivity index (χ2n) is 10.8. The van der Waals surface area contributed by atoms with E-state index in [0.717, 1.165) is 4.57 Å². The molecule has 1 saturated heterocycles. The van der Waals surface area contributed by atoms with Gasteiger partial charge in [0.2, 0.25) is 11.8 Å². The maximum Gasteiger partial charge on any atom is 0.349 e. The van der Waals surface area contributed by atoms with E-state index in [9.17, 15) is 34.8 Å². The summed E-state index contributed by atoms with van der Waals surface area (Å²) in [5.41, 5.74) is 33.2. The third kappa shape index (κ3) is 9.03. The standard InChI is InChI=1S/C24H43N11O9/c25-9-6-10(26)20(19(40)16(9)37)44-22-15(28)18(39)17(38)12(43-22)7-32-21(41)11(2-1-4-31-23(29)30)33-14(36)8-35-5-3-13(27)34-24(35)42/h3,5,9-12,15-20,22,37-40H,1-2,4,6-8,25-26,28H2,(H,32,41)(H,33,36)(H2,27,34,42)(H4,29,30,31)/t9?,10?,11-,12+,15+,16?,17+,18+,19?,20?,22+/m0/s1. The zero-order valence-electron chi connectivity index (χ0n) is 23.9.